The number of carbonyl (C=O) groups is 7. The number of rotatable bonds is 27. The summed E-state index contributed by atoms with van der Waals surface area (Å²) >= 11 is 3.86. The molecule has 0 aliphatic carbocycles. The van der Waals surface area contributed by atoms with E-state index in [0.29, 0.717) is 6.42 Å². The second kappa shape index (κ2) is 25.3. The van der Waals surface area contributed by atoms with Crippen LogP contribution in [0.5, 0.6) is 0 Å². The number of carboxylic acids is 2. The lowest BCUT2D eigenvalue weighted by molar-refractivity contribution is -0.143. The maximum absolute atomic E-state index is 13.9. The number of unbranched alkanes of at least 4 members (excludes halogenated alkanes) is 6. The number of carboxylic acid groups (broad SMARTS) is 2. The summed E-state index contributed by atoms with van der Waals surface area (Å²) in [5.74, 6) is -7.24. The van der Waals surface area contributed by atoms with Gasteiger partial charge in [-0.15, -0.1) is 0 Å². The van der Waals surface area contributed by atoms with Gasteiger partial charge in [0.1, 0.15) is 18.1 Å². The Morgan fingerprint density at radius 3 is 1.78 bits per heavy atom. The van der Waals surface area contributed by atoms with Crippen molar-refractivity contribution in [2.75, 3.05) is 12.3 Å². The number of hydrogen-bond donors (Lipinski definition) is 8. The number of thiol groups is 1. The number of amides is 4. The summed E-state index contributed by atoms with van der Waals surface area (Å²) < 4.78 is 0. The summed E-state index contributed by atoms with van der Waals surface area (Å²) in [4.78, 5) is 88.8. The van der Waals surface area contributed by atoms with Crippen molar-refractivity contribution in [1.82, 2.24) is 21.3 Å². The third kappa shape index (κ3) is 17.8. The zero-order valence-corrected chi connectivity index (χ0v) is 31.7. The average Bonchev–Trinajstić information content (AvgIpc) is 3.14. The van der Waals surface area contributed by atoms with Crippen LogP contribution in [0.2, 0.25) is 0 Å². The van der Waals surface area contributed by atoms with Crippen molar-refractivity contribution in [3.63, 3.8) is 0 Å². The van der Waals surface area contributed by atoms with Crippen LogP contribution in [0.15, 0.2) is 60.7 Å². The molecule has 4 amide bonds. The molecule has 5 atom stereocenters. The second-order valence-electron chi connectivity index (χ2n) is 13.3. The van der Waals surface area contributed by atoms with Gasteiger partial charge in [0.2, 0.25) is 23.6 Å². The quantitative estimate of drug-likeness (QED) is 0.0489. The van der Waals surface area contributed by atoms with Gasteiger partial charge >= 0.3 is 11.9 Å². The van der Waals surface area contributed by atoms with Crippen molar-refractivity contribution < 1.29 is 43.8 Å². The summed E-state index contributed by atoms with van der Waals surface area (Å²) in [5, 5.41) is 28.3. The van der Waals surface area contributed by atoms with Crippen LogP contribution in [0, 0.1) is 5.92 Å². The fourth-order valence-electron chi connectivity index (χ4n) is 5.71. The molecule has 0 radical (unpaired) electrons. The third-order valence-corrected chi connectivity index (χ3v) is 9.16. The maximum atomic E-state index is 13.9. The van der Waals surface area contributed by atoms with E-state index in [4.69, 9.17) is 5.73 Å². The minimum absolute atomic E-state index is 0.167. The molecule has 2 aromatic rings. The Hall–Kier alpha value is -4.76. The maximum Gasteiger partial charge on any atom is 0.327 e. The minimum atomic E-state index is -1.66. The predicted molar refractivity (Wildman–Crippen MR) is 207 cm³/mol. The molecule has 0 unspecified atom stereocenters. The van der Waals surface area contributed by atoms with Crippen molar-refractivity contribution >= 4 is 54.0 Å². The molecule has 0 fully saturated rings. The van der Waals surface area contributed by atoms with E-state index in [1.807, 2.05) is 48.5 Å². The number of benzene rings is 2. The molecule has 0 saturated carbocycles. The van der Waals surface area contributed by atoms with Crippen LogP contribution in [0.25, 0.3) is 0 Å². The van der Waals surface area contributed by atoms with Gasteiger partial charge in [-0.3, -0.25) is 28.8 Å². The molecule has 296 valence electrons. The Morgan fingerprint density at radius 2 is 1.22 bits per heavy atom. The molecule has 54 heavy (non-hydrogen) atoms. The normalized spacial score (nSPS) is 13.7. The van der Waals surface area contributed by atoms with Gasteiger partial charge in [0.05, 0.1) is 12.5 Å². The van der Waals surface area contributed by atoms with Gasteiger partial charge < -0.3 is 37.2 Å². The summed E-state index contributed by atoms with van der Waals surface area (Å²) in [6.07, 6.45) is 6.91. The third-order valence-electron chi connectivity index (χ3n) is 8.80. The van der Waals surface area contributed by atoms with E-state index in [2.05, 4.69) is 40.8 Å². The van der Waals surface area contributed by atoms with Gasteiger partial charge in [-0.25, -0.2) is 4.79 Å². The number of Topliss-reactive ketones (excluding diaryl/α,β-unsaturated/α-hetero) is 1. The van der Waals surface area contributed by atoms with Crippen molar-refractivity contribution in [2.24, 2.45) is 11.7 Å². The molecule has 14 nitrogen and oxygen atoms in total. The number of hydrogen-bond acceptors (Lipinski definition) is 9. The van der Waals surface area contributed by atoms with E-state index >= 15 is 0 Å². The standard InChI is InChI=1S/C39H55N5O9S/c1-2-3-4-5-6-7-14-19-34(46)42-30(21-27-17-12-9-13-18-27)33(45)22-28(20-26-15-10-8-11-16-26)36(49)41-24-29(40)37(50)43-31(23-35(47)48)38(51)44-32(25-54)39(52)53/h8-13,15-18,28-32,54H,2-7,14,19-25,40H2,1H3,(H,41,49)(H,42,46)(H,43,50)(H,44,51)(H,47,48)(H,52,53)/t28-,29+,30+,31+,32+/m1/s1. The van der Waals surface area contributed by atoms with Crippen LogP contribution in [0.3, 0.4) is 0 Å². The molecule has 0 heterocycles. The highest BCUT2D eigenvalue weighted by Crippen LogP contribution is 2.17. The van der Waals surface area contributed by atoms with Crippen molar-refractivity contribution in [3.05, 3.63) is 71.8 Å². The van der Waals surface area contributed by atoms with Crippen molar-refractivity contribution in [1.29, 1.82) is 0 Å². The first kappa shape index (κ1) is 45.4. The SMILES string of the molecule is CCCCCCCCCC(=O)N[C@@H](Cc1ccccc1)C(=O)C[C@@H](Cc1ccccc1)C(=O)NC[C@H](N)C(=O)N[C@@H](CC(=O)O)C(=O)N[C@@H](CS)C(=O)O. The number of nitrogens with two attached hydrogens (primary N) is 1. The van der Waals surface area contributed by atoms with Gasteiger partial charge in [0.15, 0.2) is 5.78 Å². The van der Waals surface area contributed by atoms with E-state index in [1.54, 1.807) is 12.1 Å². The van der Waals surface area contributed by atoms with Crippen LogP contribution in [0.1, 0.15) is 82.3 Å². The number of nitrogens with one attached hydrogen (secondary N) is 4. The van der Waals surface area contributed by atoms with E-state index in [-0.39, 0.29) is 43.1 Å². The number of ketones is 1. The Labute approximate surface area is 322 Å². The Kier molecular flexibility index (Phi) is 21.3. The molecule has 0 spiro atoms. The van der Waals surface area contributed by atoms with E-state index in [9.17, 15) is 43.8 Å². The van der Waals surface area contributed by atoms with Crippen LogP contribution in [-0.2, 0) is 46.4 Å². The Bertz CT molecular complexity index is 1510. The van der Waals surface area contributed by atoms with Crippen LogP contribution in [-0.4, -0.2) is 88.0 Å². The lowest BCUT2D eigenvalue weighted by atomic mass is 9.89. The fraction of sp³-hybridized carbons (Fsp3) is 0.513. The first-order chi connectivity index (χ1) is 25.8. The highest BCUT2D eigenvalue weighted by Gasteiger charge is 2.31. The smallest absolute Gasteiger partial charge is 0.327 e. The summed E-state index contributed by atoms with van der Waals surface area (Å²) in [6.45, 7) is 1.73. The van der Waals surface area contributed by atoms with Gasteiger partial charge in [0, 0.05) is 31.1 Å². The first-order valence-corrected chi connectivity index (χ1v) is 19.1. The number of carbonyl (C=O) groups excluding carboxylic acids is 5. The molecule has 2 aromatic carbocycles. The largest absolute Gasteiger partial charge is 0.481 e. The molecule has 15 heteroatoms. The van der Waals surface area contributed by atoms with Crippen LogP contribution >= 0.6 is 12.6 Å². The lowest BCUT2D eigenvalue weighted by Gasteiger charge is -2.23. The van der Waals surface area contributed by atoms with E-state index in [1.165, 1.54) is 12.8 Å². The molecule has 0 aromatic heterocycles. The minimum Gasteiger partial charge on any atom is -0.481 e. The number of aliphatic carboxylic acids is 2. The molecule has 8 N–H and O–H groups in total. The summed E-state index contributed by atoms with van der Waals surface area (Å²) in [5.41, 5.74) is 7.63. The molecule has 0 bridgehead atoms. The van der Waals surface area contributed by atoms with Crippen molar-refractivity contribution in [2.45, 2.75) is 108 Å². The summed E-state index contributed by atoms with van der Waals surface area (Å²) in [6, 6.07) is 12.9. The highest BCUT2D eigenvalue weighted by atomic mass is 32.1. The van der Waals surface area contributed by atoms with Gasteiger partial charge in [-0.1, -0.05) is 106 Å². The molecular formula is C39H55N5O9S. The predicted octanol–water partition coefficient (Wildman–Crippen LogP) is 2.57. The van der Waals surface area contributed by atoms with Crippen molar-refractivity contribution in [3.8, 4) is 0 Å². The summed E-state index contributed by atoms with van der Waals surface area (Å²) in [7, 11) is 0. The monoisotopic (exact) mass is 769 g/mol. The highest BCUT2D eigenvalue weighted by molar-refractivity contribution is 7.80. The molecule has 0 saturated heterocycles. The Balaban J connectivity index is 2.14. The molecular weight excluding hydrogens is 715 g/mol. The first-order valence-electron chi connectivity index (χ1n) is 18.4. The Morgan fingerprint density at radius 1 is 0.667 bits per heavy atom. The van der Waals surface area contributed by atoms with Gasteiger partial charge in [-0.2, -0.15) is 12.6 Å². The van der Waals surface area contributed by atoms with Crippen LogP contribution in [0.4, 0.5) is 0 Å². The van der Waals surface area contributed by atoms with E-state index < -0.39 is 72.7 Å². The molecule has 0 aliphatic heterocycles. The fourth-order valence-corrected chi connectivity index (χ4v) is 5.96. The topological polar surface area (TPSA) is 234 Å². The molecule has 0 aliphatic rings. The van der Waals surface area contributed by atoms with Crippen LogP contribution < -0.4 is 27.0 Å². The zero-order chi connectivity index (χ0) is 39.9. The van der Waals surface area contributed by atoms with E-state index in [0.717, 1.165) is 36.8 Å². The average molecular weight is 770 g/mol. The second-order valence-corrected chi connectivity index (χ2v) is 13.7. The lowest BCUT2D eigenvalue weighted by Crippen LogP contribution is -2.57. The molecule has 2 rings (SSSR count). The zero-order valence-electron chi connectivity index (χ0n) is 30.8. The van der Waals surface area contributed by atoms with Gasteiger partial charge in [-0.05, 0) is 30.4 Å². The van der Waals surface area contributed by atoms with Gasteiger partial charge in [0.25, 0.3) is 0 Å².